The van der Waals surface area contributed by atoms with Gasteiger partial charge in [0.2, 0.25) is 0 Å². The van der Waals surface area contributed by atoms with E-state index in [2.05, 4.69) is 19.9 Å². The first kappa shape index (κ1) is 11.8. The highest BCUT2D eigenvalue weighted by Crippen LogP contribution is 2.20. The van der Waals surface area contributed by atoms with E-state index in [4.69, 9.17) is 17.3 Å². The van der Waals surface area contributed by atoms with E-state index in [0.29, 0.717) is 28.5 Å². The largest absolute Gasteiger partial charge is 0.382 e. The van der Waals surface area contributed by atoms with Gasteiger partial charge in [-0.15, -0.1) is 11.6 Å². The van der Waals surface area contributed by atoms with Crippen LogP contribution in [0, 0.1) is 0 Å². The smallest absolute Gasteiger partial charge is 0.184 e. The summed E-state index contributed by atoms with van der Waals surface area (Å²) in [6.45, 7) is 0. The second-order valence-electron chi connectivity index (χ2n) is 3.97. The molecule has 0 amide bonds. The number of hydrogen-bond donors (Lipinski definition) is 1. The number of aromatic nitrogens is 4. The van der Waals surface area contributed by atoms with Crippen LogP contribution in [-0.4, -0.2) is 19.9 Å². The van der Waals surface area contributed by atoms with Gasteiger partial charge < -0.3 is 5.73 Å². The number of nitrogens with two attached hydrogens (primary N) is 1. The molecule has 0 fully saturated rings. The summed E-state index contributed by atoms with van der Waals surface area (Å²) in [4.78, 5) is 17.1. The lowest BCUT2D eigenvalue weighted by atomic mass is 10.2. The Morgan fingerprint density at radius 1 is 1.05 bits per heavy atom. The average molecular weight is 272 g/mol. The average Bonchev–Trinajstić information content (AvgIpc) is 2.48. The minimum absolute atomic E-state index is 0.281. The fourth-order valence-corrected chi connectivity index (χ4v) is 1.87. The Hall–Kier alpha value is -2.27. The highest BCUT2D eigenvalue weighted by atomic mass is 35.5. The second kappa shape index (κ2) is 4.78. The van der Waals surface area contributed by atoms with Crippen LogP contribution in [0.3, 0.4) is 0 Å². The maximum Gasteiger partial charge on any atom is 0.184 e. The molecule has 0 unspecified atom stereocenters. The predicted molar refractivity (Wildman–Crippen MR) is 74.5 cm³/mol. The molecule has 0 radical (unpaired) electrons. The van der Waals surface area contributed by atoms with Gasteiger partial charge in [-0.25, -0.2) is 19.9 Å². The van der Waals surface area contributed by atoms with Gasteiger partial charge in [0.1, 0.15) is 0 Å². The zero-order valence-electron chi connectivity index (χ0n) is 9.92. The van der Waals surface area contributed by atoms with Gasteiger partial charge in [-0.1, -0.05) is 30.3 Å². The number of anilines is 1. The molecule has 0 saturated heterocycles. The van der Waals surface area contributed by atoms with Crippen molar-refractivity contribution in [3.05, 3.63) is 42.2 Å². The van der Waals surface area contributed by atoms with Crippen LogP contribution in [-0.2, 0) is 5.88 Å². The van der Waals surface area contributed by atoms with E-state index >= 15 is 0 Å². The van der Waals surface area contributed by atoms with Gasteiger partial charge in [0.25, 0.3) is 0 Å². The van der Waals surface area contributed by atoms with Gasteiger partial charge >= 0.3 is 0 Å². The molecule has 0 spiro atoms. The highest BCUT2D eigenvalue weighted by Gasteiger charge is 2.09. The summed E-state index contributed by atoms with van der Waals surface area (Å²) in [6, 6.07) is 9.60. The van der Waals surface area contributed by atoms with Crippen molar-refractivity contribution < 1.29 is 0 Å². The van der Waals surface area contributed by atoms with Crippen LogP contribution in [0.25, 0.3) is 22.6 Å². The molecule has 2 heterocycles. The van der Waals surface area contributed by atoms with Crippen LogP contribution in [0.2, 0.25) is 0 Å². The lowest BCUT2D eigenvalue weighted by Crippen LogP contribution is -2.02. The third-order valence-corrected chi connectivity index (χ3v) is 2.93. The molecule has 19 heavy (non-hydrogen) atoms. The second-order valence-corrected chi connectivity index (χ2v) is 4.23. The fourth-order valence-electron chi connectivity index (χ4n) is 1.75. The quantitative estimate of drug-likeness (QED) is 0.724. The van der Waals surface area contributed by atoms with E-state index < -0.39 is 0 Å². The van der Waals surface area contributed by atoms with Gasteiger partial charge in [-0.3, -0.25) is 0 Å². The van der Waals surface area contributed by atoms with Crippen molar-refractivity contribution in [1.29, 1.82) is 0 Å². The standard InChI is InChI=1S/C13H10ClN5/c14-6-9-7-16-13-10(17-9)11(15)18-12(19-13)8-4-2-1-3-5-8/h1-5,7H,6H2,(H2,15,16,18,19). The van der Waals surface area contributed by atoms with Gasteiger partial charge in [-0.2, -0.15) is 0 Å². The van der Waals surface area contributed by atoms with Crippen molar-refractivity contribution in [2.24, 2.45) is 0 Å². The van der Waals surface area contributed by atoms with Gasteiger partial charge in [0.05, 0.1) is 17.8 Å². The Labute approximate surface area is 114 Å². The summed E-state index contributed by atoms with van der Waals surface area (Å²) >= 11 is 5.72. The summed E-state index contributed by atoms with van der Waals surface area (Å²) in [6.07, 6.45) is 1.59. The topological polar surface area (TPSA) is 77.6 Å². The van der Waals surface area contributed by atoms with Gasteiger partial charge in [0.15, 0.2) is 22.8 Å². The summed E-state index contributed by atoms with van der Waals surface area (Å²) in [5, 5.41) is 0. The summed E-state index contributed by atoms with van der Waals surface area (Å²) < 4.78 is 0. The number of fused-ring (bicyclic) bond motifs is 1. The molecule has 0 saturated carbocycles. The molecule has 2 aromatic heterocycles. The molecule has 1 aromatic carbocycles. The Kier molecular flexibility index (Phi) is 2.97. The number of benzene rings is 1. The Balaban J connectivity index is 2.20. The molecule has 6 heteroatoms. The van der Waals surface area contributed by atoms with Crippen LogP contribution in [0.5, 0.6) is 0 Å². The van der Waals surface area contributed by atoms with E-state index in [9.17, 15) is 0 Å². The Morgan fingerprint density at radius 3 is 2.58 bits per heavy atom. The van der Waals surface area contributed by atoms with Crippen molar-refractivity contribution in [1.82, 2.24) is 19.9 Å². The third kappa shape index (κ3) is 2.20. The molecule has 2 N–H and O–H groups in total. The predicted octanol–water partition coefficient (Wildman–Crippen LogP) is 2.41. The van der Waals surface area contributed by atoms with Crippen molar-refractivity contribution in [2.45, 2.75) is 5.88 Å². The lowest BCUT2D eigenvalue weighted by Gasteiger charge is -2.05. The van der Waals surface area contributed by atoms with Crippen molar-refractivity contribution >= 4 is 28.6 Å². The van der Waals surface area contributed by atoms with Crippen molar-refractivity contribution in [2.75, 3.05) is 5.73 Å². The van der Waals surface area contributed by atoms with Crippen LogP contribution in [0.1, 0.15) is 5.69 Å². The molecule has 3 rings (SSSR count). The van der Waals surface area contributed by atoms with E-state index in [1.54, 1.807) is 6.20 Å². The van der Waals surface area contributed by atoms with E-state index in [1.165, 1.54) is 0 Å². The van der Waals surface area contributed by atoms with Crippen LogP contribution >= 0.6 is 11.6 Å². The summed E-state index contributed by atoms with van der Waals surface area (Å²) in [5.74, 6) is 1.13. The van der Waals surface area contributed by atoms with Crippen molar-refractivity contribution in [3.8, 4) is 11.4 Å². The van der Waals surface area contributed by atoms with E-state index in [-0.39, 0.29) is 5.88 Å². The normalized spacial score (nSPS) is 10.8. The summed E-state index contributed by atoms with van der Waals surface area (Å²) in [5.41, 5.74) is 8.42. The number of hydrogen-bond acceptors (Lipinski definition) is 5. The number of rotatable bonds is 2. The Morgan fingerprint density at radius 2 is 1.84 bits per heavy atom. The molecule has 0 aliphatic rings. The van der Waals surface area contributed by atoms with Crippen molar-refractivity contribution in [3.63, 3.8) is 0 Å². The van der Waals surface area contributed by atoms with Crippen LogP contribution in [0.4, 0.5) is 5.82 Å². The number of alkyl halides is 1. The lowest BCUT2D eigenvalue weighted by molar-refractivity contribution is 1.11. The number of halogens is 1. The molecule has 3 aromatic rings. The molecule has 0 bridgehead atoms. The molecule has 0 atom stereocenters. The van der Waals surface area contributed by atoms with Gasteiger partial charge in [0, 0.05) is 5.56 Å². The van der Waals surface area contributed by atoms with Crippen LogP contribution in [0.15, 0.2) is 36.5 Å². The maximum atomic E-state index is 5.92. The number of nitrogens with zero attached hydrogens (tertiary/aromatic N) is 4. The van der Waals surface area contributed by atoms with Crippen LogP contribution < -0.4 is 5.73 Å². The first-order chi connectivity index (χ1) is 9.28. The zero-order valence-corrected chi connectivity index (χ0v) is 10.7. The highest BCUT2D eigenvalue weighted by molar-refractivity contribution is 6.16. The maximum absolute atomic E-state index is 5.92. The monoisotopic (exact) mass is 271 g/mol. The molecule has 5 nitrogen and oxygen atoms in total. The number of nitrogen functional groups attached to an aromatic ring is 1. The zero-order chi connectivity index (χ0) is 13.2. The molecule has 0 aliphatic heterocycles. The fraction of sp³-hybridized carbons (Fsp3) is 0.0769. The molecule has 0 aliphatic carbocycles. The van der Waals surface area contributed by atoms with E-state index in [1.807, 2.05) is 30.3 Å². The first-order valence-electron chi connectivity index (χ1n) is 5.68. The summed E-state index contributed by atoms with van der Waals surface area (Å²) in [7, 11) is 0. The first-order valence-corrected chi connectivity index (χ1v) is 6.22. The molecular weight excluding hydrogens is 262 g/mol. The van der Waals surface area contributed by atoms with E-state index in [0.717, 1.165) is 5.56 Å². The SMILES string of the molecule is Nc1nc(-c2ccccc2)nc2ncc(CCl)nc12. The minimum Gasteiger partial charge on any atom is -0.382 e. The third-order valence-electron chi connectivity index (χ3n) is 2.65. The minimum atomic E-state index is 0.281. The van der Waals surface area contributed by atoms with Gasteiger partial charge in [-0.05, 0) is 0 Å². The Bertz CT molecular complexity index is 730. The molecule has 94 valence electrons. The molecular formula is C13H10ClN5.